The van der Waals surface area contributed by atoms with Gasteiger partial charge in [0.05, 0.1) is 28.8 Å². The Labute approximate surface area is 137 Å². The number of nitrogens with one attached hydrogen (secondary N) is 1. The summed E-state index contributed by atoms with van der Waals surface area (Å²) in [7, 11) is 0. The van der Waals surface area contributed by atoms with Gasteiger partial charge in [-0.15, -0.1) is 0 Å². The van der Waals surface area contributed by atoms with Crippen molar-refractivity contribution in [2.24, 2.45) is 0 Å². The van der Waals surface area contributed by atoms with Crippen LogP contribution in [0.4, 0.5) is 18.9 Å². The summed E-state index contributed by atoms with van der Waals surface area (Å²) in [6, 6.07) is 7.42. The first-order valence-corrected chi connectivity index (χ1v) is 6.87. The number of rotatable bonds is 3. The Morgan fingerprint density at radius 2 is 2.04 bits per heavy atom. The SMILES string of the molecule is O=C(Nc1cnn(-c2ccccc2Cl)c1)c1cc(C(F)(F)F)no1. The summed E-state index contributed by atoms with van der Waals surface area (Å²) in [4.78, 5) is 11.9. The summed E-state index contributed by atoms with van der Waals surface area (Å²) in [5.41, 5.74) is -0.442. The van der Waals surface area contributed by atoms with Crippen LogP contribution >= 0.6 is 11.6 Å². The fourth-order valence-electron chi connectivity index (χ4n) is 1.87. The fraction of sp³-hybridized carbons (Fsp3) is 0.0714. The molecule has 3 aromatic rings. The van der Waals surface area contributed by atoms with Crippen LogP contribution in [0.3, 0.4) is 0 Å². The van der Waals surface area contributed by atoms with Gasteiger partial charge in [-0.25, -0.2) is 4.68 Å². The van der Waals surface area contributed by atoms with Gasteiger partial charge in [-0.3, -0.25) is 4.79 Å². The number of para-hydroxylation sites is 1. The van der Waals surface area contributed by atoms with Crippen LogP contribution in [-0.2, 0) is 6.18 Å². The lowest BCUT2D eigenvalue weighted by molar-refractivity contribution is -0.142. The third-order valence-electron chi connectivity index (χ3n) is 2.96. The molecule has 0 bridgehead atoms. The van der Waals surface area contributed by atoms with Gasteiger partial charge < -0.3 is 9.84 Å². The summed E-state index contributed by atoms with van der Waals surface area (Å²) in [6.45, 7) is 0. The smallest absolute Gasteiger partial charge is 0.350 e. The van der Waals surface area contributed by atoms with E-state index < -0.39 is 23.5 Å². The highest BCUT2D eigenvalue weighted by Crippen LogP contribution is 2.28. The Bertz CT molecular complexity index is 888. The van der Waals surface area contributed by atoms with Gasteiger partial charge in [-0.1, -0.05) is 28.9 Å². The molecule has 1 amide bonds. The van der Waals surface area contributed by atoms with E-state index in [1.165, 1.54) is 17.1 Å². The number of nitrogens with zero attached hydrogens (tertiary/aromatic N) is 3. The lowest BCUT2D eigenvalue weighted by Crippen LogP contribution is -2.10. The minimum Gasteiger partial charge on any atom is -0.350 e. The Kier molecular flexibility index (Phi) is 4.02. The van der Waals surface area contributed by atoms with Crippen molar-refractivity contribution in [3.05, 3.63) is 59.2 Å². The number of anilines is 1. The molecule has 3 rings (SSSR count). The van der Waals surface area contributed by atoms with E-state index in [-0.39, 0.29) is 5.69 Å². The molecular weight excluding hydrogens is 349 g/mol. The van der Waals surface area contributed by atoms with Crippen molar-refractivity contribution in [3.8, 4) is 5.69 Å². The predicted molar refractivity (Wildman–Crippen MR) is 78.0 cm³/mol. The first kappa shape index (κ1) is 16.1. The second-order valence-corrected chi connectivity index (χ2v) is 5.06. The maximum absolute atomic E-state index is 12.4. The molecule has 2 heterocycles. The Hall–Kier alpha value is -2.81. The lowest BCUT2D eigenvalue weighted by Gasteiger charge is -2.02. The summed E-state index contributed by atoms with van der Waals surface area (Å²) >= 11 is 6.04. The van der Waals surface area contributed by atoms with Crippen molar-refractivity contribution >= 4 is 23.2 Å². The number of aromatic nitrogens is 3. The molecular formula is C14H8ClF3N4O2. The number of carbonyl (C=O) groups is 1. The molecule has 0 radical (unpaired) electrons. The number of carbonyl (C=O) groups excluding carboxylic acids is 1. The molecule has 0 aliphatic carbocycles. The molecule has 24 heavy (non-hydrogen) atoms. The van der Waals surface area contributed by atoms with Crippen molar-refractivity contribution < 1.29 is 22.5 Å². The average molecular weight is 357 g/mol. The van der Waals surface area contributed by atoms with Gasteiger partial charge in [-0.2, -0.15) is 18.3 Å². The zero-order valence-electron chi connectivity index (χ0n) is 11.7. The number of hydrogen-bond acceptors (Lipinski definition) is 4. The topological polar surface area (TPSA) is 73.0 Å². The maximum Gasteiger partial charge on any atom is 0.436 e. The third-order valence-corrected chi connectivity index (χ3v) is 3.28. The monoisotopic (exact) mass is 356 g/mol. The molecule has 0 spiro atoms. The maximum atomic E-state index is 12.4. The molecule has 0 fully saturated rings. The quantitative estimate of drug-likeness (QED) is 0.775. The molecule has 124 valence electrons. The van der Waals surface area contributed by atoms with Gasteiger partial charge in [0.1, 0.15) is 0 Å². The Morgan fingerprint density at radius 1 is 1.29 bits per heavy atom. The van der Waals surface area contributed by atoms with E-state index >= 15 is 0 Å². The molecule has 0 atom stereocenters. The predicted octanol–water partition coefficient (Wildman–Crippen LogP) is 3.78. The minimum absolute atomic E-state index is 0.255. The summed E-state index contributed by atoms with van der Waals surface area (Å²) in [5.74, 6) is -1.44. The van der Waals surface area contributed by atoms with E-state index in [1.807, 2.05) is 0 Å². The molecule has 2 aromatic heterocycles. The molecule has 0 aliphatic rings. The highest BCUT2D eigenvalue weighted by molar-refractivity contribution is 6.32. The van der Waals surface area contributed by atoms with Crippen LogP contribution in [0.25, 0.3) is 5.69 Å². The van der Waals surface area contributed by atoms with Crippen molar-refractivity contribution in [2.45, 2.75) is 6.18 Å². The molecule has 0 saturated heterocycles. The zero-order chi connectivity index (χ0) is 17.3. The molecule has 0 aliphatic heterocycles. The standard InChI is InChI=1S/C14H8ClF3N4O2/c15-9-3-1-2-4-10(9)22-7-8(6-19-22)20-13(23)11-5-12(21-24-11)14(16,17)18/h1-7H,(H,20,23). The van der Waals surface area contributed by atoms with Crippen molar-refractivity contribution in [3.63, 3.8) is 0 Å². The van der Waals surface area contributed by atoms with E-state index in [4.69, 9.17) is 11.6 Å². The van der Waals surface area contributed by atoms with E-state index in [1.54, 1.807) is 24.3 Å². The zero-order valence-corrected chi connectivity index (χ0v) is 12.5. The van der Waals surface area contributed by atoms with Crippen molar-refractivity contribution in [2.75, 3.05) is 5.32 Å². The summed E-state index contributed by atoms with van der Waals surface area (Å²) in [5, 5.41) is 9.66. The van der Waals surface area contributed by atoms with Crippen LogP contribution in [0.2, 0.25) is 5.02 Å². The Morgan fingerprint density at radius 3 is 2.71 bits per heavy atom. The number of halogens is 4. The van der Waals surface area contributed by atoms with Gasteiger partial charge in [-0.05, 0) is 12.1 Å². The van der Waals surface area contributed by atoms with Gasteiger partial charge in [0.15, 0.2) is 5.69 Å². The van der Waals surface area contributed by atoms with Crippen LogP contribution < -0.4 is 5.32 Å². The van der Waals surface area contributed by atoms with Crippen molar-refractivity contribution in [1.82, 2.24) is 14.9 Å². The molecule has 1 aromatic carbocycles. The van der Waals surface area contributed by atoms with E-state index in [0.29, 0.717) is 16.8 Å². The number of amides is 1. The number of alkyl halides is 3. The van der Waals surface area contributed by atoms with E-state index in [9.17, 15) is 18.0 Å². The van der Waals surface area contributed by atoms with Crippen LogP contribution in [0.15, 0.2) is 47.2 Å². The first-order valence-electron chi connectivity index (χ1n) is 6.49. The molecule has 0 saturated carbocycles. The van der Waals surface area contributed by atoms with Gasteiger partial charge in [0, 0.05) is 6.07 Å². The molecule has 1 N–H and O–H groups in total. The second kappa shape index (κ2) is 6.00. The fourth-order valence-corrected chi connectivity index (χ4v) is 2.09. The first-order chi connectivity index (χ1) is 11.3. The molecule has 10 heteroatoms. The summed E-state index contributed by atoms with van der Waals surface area (Å²) in [6.07, 6.45) is -1.90. The lowest BCUT2D eigenvalue weighted by atomic mass is 10.3. The van der Waals surface area contributed by atoms with Crippen LogP contribution in [0.1, 0.15) is 16.2 Å². The molecule has 6 nitrogen and oxygen atoms in total. The van der Waals surface area contributed by atoms with Gasteiger partial charge >= 0.3 is 6.18 Å². The Balaban J connectivity index is 1.76. The highest BCUT2D eigenvalue weighted by Gasteiger charge is 2.35. The third kappa shape index (κ3) is 3.25. The minimum atomic E-state index is -4.68. The van der Waals surface area contributed by atoms with E-state index in [2.05, 4.69) is 20.1 Å². The van der Waals surface area contributed by atoms with Crippen LogP contribution in [0.5, 0.6) is 0 Å². The second-order valence-electron chi connectivity index (χ2n) is 4.65. The normalized spacial score (nSPS) is 11.5. The van der Waals surface area contributed by atoms with Crippen LogP contribution in [0, 0.1) is 0 Å². The highest BCUT2D eigenvalue weighted by atomic mass is 35.5. The molecule has 0 unspecified atom stereocenters. The van der Waals surface area contributed by atoms with Crippen molar-refractivity contribution in [1.29, 1.82) is 0 Å². The van der Waals surface area contributed by atoms with Gasteiger partial charge in [0.25, 0.3) is 5.91 Å². The number of benzene rings is 1. The summed E-state index contributed by atoms with van der Waals surface area (Å²) < 4.78 is 43.1. The number of hydrogen-bond donors (Lipinski definition) is 1. The average Bonchev–Trinajstić information content (AvgIpc) is 3.16. The van der Waals surface area contributed by atoms with Crippen LogP contribution in [-0.4, -0.2) is 20.8 Å². The van der Waals surface area contributed by atoms with E-state index in [0.717, 1.165) is 0 Å². The largest absolute Gasteiger partial charge is 0.436 e. The van der Waals surface area contributed by atoms with Gasteiger partial charge in [0.2, 0.25) is 5.76 Å².